The van der Waals surface area contributed by atoms with Crippen LogP contribution in [0.4, 0.5) is 29.7 Å². The largest absolute Gasteiger partial charge is 0.416 e. The molecule has 0 saturated carbocycles. The average molecular weight is 529 g/mol. The van der Waals surface area contributed by atoms with Gasteiger partial charge in [-0.2, -0.15) is 13.2 Å². The van der Waals surface area contributed by atoms with E-state index in [1.54, 1.807) is 5.38 Å². The highest BCUT2D eigenvalue weighted by Gasteiger charge is 2.40. The molecule has 14 heteroatoms. The Hall–Kier alpha value is -3.42. The molecule has 2 heterocycles. The van der Waals surface area contributed by atoms with Gasteiger partial charge in [0.25, 0.3) is 21.8 Å². The molecule has 1 aliphatic rings. The minimum Gasteiger partial charge on any atom is -0.350 e. The quantitative estimate of drug-likeness (QED) is 0.459. The SMILES string of the molecule is O=C1C(Cl)=C(Nc2ccc(S(=O)(=O)Nc3nccs3)cc2)C(=O)N1c1cccc(C(F)(F)F)c1. The highest BCUT2D eigenvalue weighted by molar-refractivity contribution is 7.93. The minimum absolute atomic E-state index is 0.0901. The van der Waals surface area contributed by atoms with Gasteiger partial charge in [0.05, 0.1) is 16.1 Å². The van der Waals surface area contributed by atoms with Crippen LogP contribution >= 0.6 is 22.9 Å². The van der Waals surface area contributed by atoms with Crippen LogP contribution < -0.4 is 14.9 Å². The van der Waals surface area contributed by atoms with E-state index in [0.717, 1.165) is 23.5 Å². The van der Waals surface area contributed by atoms with E-state index in [1.165, 1.54) is 36.5 Å². The summed E-state index contributed by atoms with van der Waals surface area (Å²) in [4.78, 5) is 29.6. The number of aromatic nitrogens is 1. The van der Waals surface area contributed by atoms with Crippen LogP contribution in [-0.4, -0.2) is 25.2 Å². The second-order valence-electron chi connectivity index (χ2n) is 6.77. The number of amides is 2. The molecule has 0 radical (unpaired) electrons. The van der Waals surface area contributed by atoms with Crippen LogP contribution in [0.25, 0.3) is 0 Å². The predicted octanol–water partition coefficient (Wildman–Crippen LogP) is 4.40. The third kappa shape index (κ3) is 4.62. The van der Waals surface area contributed by atoms with Gasteiger partial charge in [0, 0.05) is 17.3 Å². The van der Waals surface area contributed by atoms with E-state index < -0.39 is 38.6 Å². The molecule has 1 aromatic heterocycles. The Morgan fingerprint density at radius 1 is 1.03 bits per heavy atom. The number of anilines is 3. The van der Waals surface area contributed by atoms with Gasteiger partial charge >= 0.3 is 6.18 Å². The number of nitrogens with zero attached hydrogens (tertiary/aromatic N) is 2. The predicted molar refractivity (Wildman–Crippen MR) is 120 cm³/mol. The summed E-state index contributed by atoms with van der Waals surface area (Å²) in [7, 11) is -3.91. The molecular formula is C20H12ClF3N4O4S2. The fourth-order valence-electron chi connectivity index (χ4n) is 2.98. The second kappa shape index (κ2) is 8.74. The molecule has 34 heavy (non-hydrogen) atoms. The number of halogens is 4. The number of carbonyl (C=O) groups is 2. The Bertz CT molecular complexity index is 1410. The molecule has 1 aliphatic heterocycles. The summed E-state index contributed by atoms with van der Waals surface area (Å²) in [5, 5.41) is 3.89. The van der Waals surface area contributed by atoms with Gasteiger partial charge in [-0.1, -0.05) is 17.7 Å². The molecule has 0 atom stereocenters. The van der Waals surface area contributed by atoms with Crippen LogP contribution in [0, 0.1) is 0 Å². The molecule has 0 bridgehead atoms. The highest BCUT2D eigenvalue weighted by atomic mass is 35.5. The number of imide groups is 1. The van der Waals surface area contributed by atoms with Crippen LogP contribution in [0.2, 0.25) is 0 Å². The summed E-state index contributed by atoms with van der Waals surface area (Å²) in [6, 6.07) is 8.87. The molecule has 176 valence electrons. The number of carbonyl (C=O) groups excluding carboxylic acids is 2. The van der Waals surface area contributed by atoms with Crippen molar-refractivity contribution in [2.45, 2.75) is 11.1 Å². The van der Waals surface area contributed by atoms with Crippen molar-refractivity contribution in [3.8, 4) is 0 Å². The number of thiazole rings is 1. The molecule has 2 amide bonds. The van der Waals surface area contributed by atoms with Gasteiger partial charge < -0.3 is 5.32 Å². The number of hydrogen-bond donors (Lipinski definition) is 2. The Kier molecular flexibility index (Phi) is 6.10. The van der Waals surface area contributed by atoms with Crippen molar-refractivity contribution in [2.24, 2.45) is 0 Å². The lowest BCUT2D eigenvalue weighted by Crippen LogP contribution is -2.32. The zero-order chi connectivity index (χ0) is 24.7. The van der Waals surface area contributed by atoms with Crippen LogP contribution in [0.5, 0.6) is 0 Å². The van der Waals surface area contributed by atoms with E-state index in [1.807, 2.05) is 0 Å². The number of benzene rings is 2. The average Bonchev–Trinajstić information content (AvgIpc) is 3.35. The Morgan fingerprint density at radius 3 is 2.35 bits per heavy atom. The van der Waals surface area contributed by atoms with Gasteiger partial charge in [0.1, 0.15) is 10.7 Å². The third-order valence-corrected chi connectivity index (χ3v) is 7.07. The summed E-state index contributed by atoms with van der Waals surface area (Å²) >= 11 is 7.10. The van der Waals surface area contributed by atoms with E-state index in [-0.39, 0.29) is 27.1 Å². The smallest absolute Gasteiger partial charge is 0.350 e. The lowest BCUT2D eigenvalue weighted by Gasteiger charge is -2.17. The number of alkyl halides is 3. The number of rotatable bonds is 6. The lowest BCUT2D eigenvalue weighted by atomic mass is 10.2. The molecule has 4 rings (SSSR count). The number of hydrogen-bond acceptors (Lipinski definition) is 7. The molecule has 8 nitrogen and oxygen atoms in total. The van der Waals surface area contributed by atoms with Gasteiger partial charge in [-0.25, -0.2) is 18.3 Å². The third-order valence-electron chi connectivity index (χ3n) is 4.55. The van der Waals surface area contributed by atoms with Gasteiger partial charge in [-0.05, 0) is 42.5 Å². The Labute approximate surface area is 199 Å². The minimum atomic E-state index is -4.67. The van der Waals surface area contributed by atoms with E-state index in [0.29, 0.717) is 11.0 Å². The van der Waals surface area contributed by atoms with Gasteiger partial charge in [-0.3, -0.25) is 14.3 Å². The molecule has 0 fully saturated rings. The summed E-state index contributed by atoms with van der Waals surface area (Å²) in [6.07, 6.45) is -3.23. The fraction of sp³-hybridized carbons (Fsp3) is 0.0500. The van der Waals surface area contributed by atoms with E-state index in [9.17, 15) is 31.2 Å². The highest BCUT2D eigenvalue weighted by Crippen LogP contribution is 2.35. The van der Waals surface area contributed by atoms with Crippen molar-refractivity contribution in [1.82, 2.24) is 4.98 Å². The fourth-order valence-corrected chi connectivity index (χ4v) is 4.98. The summed E-state index contributed by atoms with van der Waals surface area (Å²) in [5.41, 5.74) is -1.48. The molecule has 2 N–H and O–H groups in total. The number of nitrogens with one attached hydrogen (secondary N) is 2. The topological polar surface area (TPSA) is 108 Å². The van der Waals surface area contributed by atoms with Crippen LogP contribution in [0.3, 0.4) is 0 Å². The normalized spacial score (nSPS) is 14.6. The van der Waals surface area contributed by atoms with Crippen molar-refractivity contribution < 1.29 is 31.2 Å². The summed E-state index contributed by atoms with van der Waals surface area (Å²) in [6.45, 7) is 0. The molecular weight excluding hydrogens is 517 g/mol. The maximum Gasteiger partial charge on any atom is 0.416 e. The van der Waals surface area contributed by atoms with Crippen molar-refractivity contribution in [1.29, 1.82) is 0 Å². The van der Waals surface area contributed by atoms with Gasteiger partial charge in [-0.15, -0.1) is 11.3 Å². The van der Waals surface area contributed by atoms with E-state index >= 15 is 0 Å². The van der Waals surface area contributed by atoms with Crippen molar-refractivity contribution in [3.05, 3.63) is 76.4 Å². The van der Waals surface area contributed by atoms with Crippen LogP contribution in [-0.2, 0) is 25.8 Å². The first kappa shape index (κ1) is 23.7. The van der Waals surface area contributed by atoms with Crippen molar-refractivity contribution >= 4 is 61.3 Å². The van der Waals surface area contributed by atoms with Crippen LogP contribution in [0.15, 0.2) is 75.7 Å². The first-order valence-corrected chi connectivity index (χ1v) is 12.0. The number of sulfonamides is 1. The van der Waals surface area contributed by atoms with Gasteiger partial charge in [0.2, 0.25) is 0 Å². The molecule has 0 saturated heterocycles. The summed E-state index contributed by atoms with van der Waals surface area (Å²) < 4.78 is 66.2. The first-order valence-electron chi connectivity index (χ1n) is 9.22. The monoisotopic (exact) mass is 528 g/mol. The first-order chi connectivity index (χ1) is 16.0. The zero-order valence-electron chi connectivity index (χ0n) is 16.6. The Morgan fingerprint density at radius 2 is 1.74 bits per heavy atom. The summed E-state index contributed by atoms with van der Waals surface area (Å²) in [5.74, 6) is -1.96. The van der Waals surface area contributed by atoms with Crippen molar-refractivity contribution in [2.75, 3.05) is 14.9 Å². The second-order valence-corrected chi connectivity index (χ2v) is 9.73. The van der Waals surface area contributed by atoms with Crippen molar-refractivity contribution in [3.63, 3.8) is 0 Å². The van der Waals surface area contributed by atoms with E-state index in [2.05, 4.69) is 15.0 Å². The zero-order valence-corrected chi connectivity index (χ0v) is 19.0. The van der Waals surface area contributed by atoms with Crippen LogP contribution in [0.1, 0.15) is 5.56 Å². The molecule has 0 aliphatic carbocycles. The molecule has 0 spiro atoms. The molecule has 0 unspecified atom stereocenters. The lowest BCUT2D eigenvalue weighted by molar-refractivity contribution is -0.137. The standard InChI is InChI=1S/C20H12ClF3N4O4S2/c21-15-16(18(30)28(17(15)29)13-3-1-2-11(10-13)20(22,23)24)26-12-4-6-14(7-5-12)34(31,32)27-19-25-8-9-33-19/h1-10,26H,(H,25,27). The van der Waals surface area contributed by atoms with Gasteiger partial charge in [0.15, 0.2) is 5.13 Å². The maximum absolute atomic E-state index is 13.0. The molecule has 3 aromatic rings. The Balaban J connectivity index is 1.54. The maximum atomic E-state index is 13.0. The molecule has 2 aromatic carbocycles. The van der Waals surface area contributed by atoms with E-state index in [4.69, 9.17) is 11.6 Å².